The van der Waals surface area contributed by atoms with Crippen LogP contribution < -0.4 is 0 Å². The molecule has 0 spiro atoms. The smallest absolute Gasteiger partial charge is 0.269 e. The lowest BCUT2D eigenvalue weighted by atomic mass is 10.1. The topological polar surface area (TPSA) is 60.2 Å². The SMILES string of the molecule is CSc1ccc([N+](=O)[O-])cc1CC(=O)CBr. The second kappa shape index (κ2) is 6.00. The summed E-state index contributed by atoms with van der Waals surface area (Å²) in [5, 5.41) is 10.9. The molecule has 0 heterocycles. The normalized spacial score (nSPS) is 10.1. The summed E-state index contributed by atoms with van der Waals surface area (Å²) in [7, 11) is 0. The zero-order chi connectivity index (χ0) is 12.1. The standard InChI is InChI=1S/C10H10BrNO3S/c1-16-10-3-2-8(12(14)15)4-7(10)5-9(13)6-11/h2-4H,5-6H2,1H3. The Hall–Kier alpha value is -0.880. The third-order valence-electron chi connectivity index (χ3n) is 2.01. The Morgan fingerprint density at radius 1 is 1.56 bits per heavy atom. The van der Waals surface area contributed by atoms with Gasteiger partial charge in [0, 0.05) is 23.4 Å². The predicted octanol–water partition coefficient (Wildman–Crippen LogP) is 2.82. The maximum Gasteiger partial charge on any atom is 0.269 e. The average Bonchev–Trinajstić information content (AvgIpc) is 2.28. The van der Waals surface area contributed by atoms with E-state index in [4.69, 9.17) is 0 Å². The van der Waals surface area contributed by atoms with Crippen LogP contribution in [0.1, 0.15) is 5.56 Å². The molecule has 0 aliphatic carbocycles. The number of thioether (sulfide) groups is 1. The fourth-order valence-electron chi connectivity index (χ4n) is 1.28. The van der Waals surface area contributed by atoms with E-state index in [0.29, 0.717) is 5.56 Å². The lowest BCUT2D eigenvalue weighted by Gasteiger charge is -2.05. The van der Waals surface area contributed by atoms with Gasteiger partial charge in [-0.15, -0.1) is 11.8 Å². The van der Waals surface area contributed by atoms with Crippen molar-refractivity contribution in [3.8, 4) is 0 Å². The maximum atomic E-state index is 11.3. The number of alkyl halides is 1. The highest BCUT2D eigenvalue weighted by molar-refractivity contribution is 9.09. The van der Waals surface area contributed by atoms with Gasteiger partial charge in [0.25, 0.3) is 5.69 Å². The maximum absolute atomic E-state index is 11.3. The Morgan fingerprint density at radius 2 is 2.25 bits per heavy atom. The zero-order valence-corrected chi connectivity index (χ0v) is 11.0. The molecule has 6 heteroatoms. The molecule has 0 amide bonds. The number of nitro groups is 1. The molecule has 0 atom stereocenters. The molecule has 0 aliphatic rings. The van der Waals surface area contributed by atoms with Gasteiger partial charge in [-0.2, -0.15) is 0 Å². The Morgan fingerprint density at radius 3 is 2.75 bits per heavy atom. The second-order valence-electron chi connectivity index (χ2n) is 3.10. The molecule has 0 aromatic heterocycles. The quantitative estimate of drug-likeness (QED) is 0.363. The molecule has 0 fully saturated rings. The Labute approximate surface area is 106 Å². The molecule has 0 bridgehead atoms. The van der Waals surface area contributed by atoms with Gasteiger partial charge in [-0.05, 0) is 17.9 Å². The third-order valence-corrected chi connectivity index (χ3v) is 3.47. The van der Waals surface area contributed by atoms with Crippen LogP contribution in [-0.4, -0.2) is 22.3 Å². The van der Waals surface area contributed by atoms with E-state index >= 15 is 0 Å². The number of halogens is 1. The first-order valence-corrected chi connectivity index (χ1v) is 6.82. The van der Waals surface area contributed by atoms with Crippen LogP contribution in [0.25, 0.3) is 0 Å². The summed E-state index contributed by atoms with van der Waals surface area (Å²) in [6, 6.07) is 4.60. The number of nitrogens with zero attached hydrogens (tertiary/aromatic N) is 1. The number of carbonyl (C=O) groups is 1. The first kappa shape index (κ1) is 13.2. The van der Waals surface area contributed by atoms with Crippen molar-refractivity contribution in [3.05, 3.63) is 33.9 Å². The van der Waals surface area contributed by atoms with Gasteiger partial charge >= 0.3 is 0 Å². The average molecular weight is 304 g/mol. The number of carbonyl (C=O) groups excluding carboxylic acids is 1. The van der Waals surface area contributed by atoms with Crippen LogP contribution in [0.4, 0.5) is 5.69 Å². The van der Waals surface area contributed by atoms with Crippen molar-refractivity contribution < 1.29 is 9.72 Å². The summed E-state index contributed by atoms with van der Waals surface area (Å²) < 4.78 is 0. The summed E-state index contributed by atoms with van der Waals surface area (Å²) in [5.74, 6) is 0.01000. The highest BCUT2D eigenvalue weighted by Crippen LogP contribution is 2.25. The number of non-ortho nitro benzene ring substituents is 1. The van der Waals surface area contributed by atoms with Crippen molar-refractivity contribution in [1.82, 2.24) is 0 Å². The molecule has 1 rings (SSSR count). The molecular formula is C10H10BrNO3S. The second-order valence-corrected chi connectivity index (χ2v) is 4.51. The van der Waals surface area contributed by atoms with Crippen molar-refractivity contribution in [2.45, 2.75) is 11.3 Å². The number of nitro benzene ring substituents is 1. The molecule has 0 N–H and O–H groups in total. The minimum Gasteiger partial charge on any atom is -0.298 e. The molecule has 0 unspecified atom stereocenters. The Balaban J connectivity index is 3.06. The van der Waals surface area contributed by atoms with E-state index in [1.807, 2.05) is 6.26 Å². The summed E-state index contributed by atoms with van der Waals surface area (Å²) in [6.07, 6.45) is 2.10. The van der Waals surface area contributed by atoms with E-state index < -0.39 is 4.92 Å². The monoisotopic (exact) mass is 303 g/mol. The largest absolute Gasteiger partial charge is 0.298 e. The molecule has 0 saturated heterocycles. The third kappa shape index (κ3) is 3.31. The number of hydrogen-bond donors (Lipinski definition) is 0. The fraction of sp³-hybridized carbons (Fsp3) is 0.300. The lowest BCUT2D eigenvalue weighted by Crippen LogP contribution is -2.05. The Bertz CT molecular complexity index is 423. The van der Waals surface area contributed by atoms with Gasteiger partial charge in [0.05, 0.1) is 10.3 Å². The van der Waals surface area contributed by atoms with Gasteiger partial charge in [0.2, 0.25) is 0 Å². The molecule has 16 heavy (non-hydrogen) atoms. The lowest BCUT2D eigenvalue weighted by molar-refractivity contribution is -0.385. The molecule has 1 aromatic rings. The summed E-state index contributed by atoms with van der Waals surface area (Å²) in [5.41, 5.74) is 0.737. The van der Waals surface area contributed by atoms with E-state index in [1.165, 1.54) is 23.9 Å². The first-order chi connectivity index (χ1) is 7.58. The molecule has 86 valence electrons. The van der Waals surface area contributed by atoms with E-state index in [9.17, 15) is 14.9 Å². The molecular weight excluding hydrogens is 294 g/mol. The van der Waals surface area contributed by atoms with Crippen molar-refractivity contribution in [1.29, 1.82) is 0 Å². The van der Waals surface area contributed by atoms with Crippen LogP contribution in [-0.2, 0) is 11.2 Å². The molecule has 0 saturated carbocycles. The van der Waals surface area contributed by atoms with Gasteiger partial charge in [0.15, 0.2) is 0 Å². The van der Waals surface area contributed by atoms with Crippen LogP contribution in [0.3, 0.4) is 0 Å². The molecule has 0 aliphatic heterocycles. The van der Waals surface area contributed by atoms with Crippen LogP contribution >= 0.6 is 27.7 Å². The van der Waals surface area contributed by atoms with Gasteiger partial charge in [0.1, 0.15) is 5.78 Å². The van der Waals surface area contributed by atoms with Gasteiger partial charge in [-0.1, -0.05) is 15.9 Å². The van der Waals surface area contributed by atoms with Crippen LogP contribution in [0.15, 0.2) is 23.1 Å². The van der Waals surface area contributed by atoms with Crippen molar-refractivity contribution >= 4 is 39.2 Å². The summed E-state index contributed by atoms with van der Waals surface area (Å²) in [4.78, 5) is 22.4. The molecule has 4 nitrogen and oxygen atoms in total. The van der Waals surface area contributed by atoms with Crippen molar-refractivity contribution in [2.75, 3.05) is 11.6 Å². The van der Waals surface area contributed by atoms with E-state index in [0.717, 1.165) is 4.90 Å². The van der Waals surface area contributed by atoms with Crippen LogP contribution in [0.5, 0.6) is 0 Å². The molecule has 1 aromatic carbocycles. The first-order valence-electron chi connectivity index (χ1n) is 4.47. The molecule has 0 radical (unpaired) electrons. The van der Waals surface area contributed by atoms with Crippen LogP contribution in [0.2, 0.25) is 0 Å². The van der Waals surface area contributed by atoms with Crippen molar-refractivity contribution in [2.24, 2.45) is 0 Å². The summed E-state index contributed by atoms with van der Waals surface area (Å²) >= 11 is 4.55. The Kier molecular flexibility index (Phi) is 4.95. The number of Topliss-reactive ketones (excluding diaryl/α,β-unsaturated/α-hetero) is 1. The highest BCUT2D eigenvalue weighted by Gasteiger charge is 2.12. The fourth-order valence-corrected chi connectivity index (χ4v) is 2.07. The number of rotatable bonds is 5. The number of benzene rings is 1. The van der Waals surface area contributed by atoms with E-state index in [-0.39, 0.29) is 23.2 Å². The minimum absolute atomic E-state index is 0.01000. The van der Waals surface area contributed by atoms with Gasteiger partial charge in [-0.25, -0.2) is 0 Å². The van der Waals surface area contributed by atoms with Gasteiger partial charge < -0.3 is 0 Å². The van der Waals surface area contributed by atoms with Crippen molar-refractivity contribution in [3.63, 3.8) is 0 Å². The number of ketones is 1. The van der Waals surface area contributed by atoms with Crippen LogP contribution in [0, 0.1) is 10.1 Å². The summed E-state index contributed by atoms with van der Waals surface area (Å²) in [6.45, 7) is 0. The van der Waals surface area contributed by atoms with Gasteiger partial charge in [-0.3, -0.25) is 14.9 Å². The zero-order valence-electron chi connectivity index (χ0n) is 8.60. The van der Waals surface area contributed by atoms with E-state index in [1.54, 1.807) is 6.07 Å². The minimum atomic E-state index is -0.452. The van der Waals surface area contributed by atoms with E-state index in [2.05, 4.69) is 15.9 Å². The predicted molar refractivity (Wildman–Crippen MR) is 67.4 cm³/mol. The number of hydrogen-bond acceptors (Lipinski definition) is 4. The highest BCUT2D eigenvalue weighted by atomic mass is 79.9.